The molecule has 1 aromatic rings. The molecule has 0 saturated heterocycles. The predicted molar refractivity (Wildman–Crippen MR) is 57.2 cm³/mol. The topological polar surface area (TPSA) is 104 Å². The minimum atomic E-state index is -0.606. The first kappa shape index (κ1) is 10.9. The SMILES string of the molecule is C[C@@H](N=[N+]=[N-])c1ccc(NC(N)=O)cc1. The Balaban J connectivity index is 2.80. The Morgan fingerprint density at radius 2 is 2.13 bits per heavy atom. The molecule has 0 radical (unpaired) electrons. The van der Waals surface area contributed by atoms with Crippen molar-refractivity contribution in [1.82, 2.24) is 0 Å². The molecule has 0 bridgehead atoms. The van der Waals surface area contributed by atoms with Crippen LogP contribution in [0.1, 0.15) is 18.5 Å². The van der Waals surface area contributed by atoms with E-state index in [1.807, 2.05) is 0 Å². The Morgan fingerprint density at radius 1 is 1.53 bits per heavy atom. The van der Waals surface area contributed by atoms with Gasteiger partial charge in [-0.2, -0.15) is 0 Å². The van der Waals surface area contributed by atoms with E-state index < -0.39 is 6.03 Å². The van der Waals surface area contributed by atoms with Gasteiger partial charge in [-0.25, -0.2) is 4.79 Å². The first-order valence-electron chi connectivity index (χ1n) is 4.34. The fraction of sp³-hybridized carbons (Fsp3) is 0.222. The summed E-state index contributed by atoms with van der Waals surface area (Å²) in [5.41, 5.74) is 14.7. The zero-order valence-electron chi connectivity index (χ0n) is 8.21. The van der Waals surface area contributed by atoms with Crippen molar-refractivity contribution in [2.45, 2.75) is 13.0 Å². The predicted octanol–water partition coefficient (Wildman–Crippen LogP) is 2.55. The van der Waals surface area contributed by atoms with Crippen LogP contribution in [0.5, 0.6) is 0 Å². The van der Waals surface area contributed by atoms with E-state index in [1.54, 1.807) is 31.2 Å². The number of carbonyl (C=O) groups excluding carboxylic acids is 1. The molecule has 6 heteroatoms. The van der Waals surface area contributed by atoms with Gasteiger partial charge in [0, 0.05) is 10.6 Å². The first-order valence-corrected chi connectivity index (χ1v) is 4.34. The van der Waals surface area contributed by atoms with Crippen molar-refractivity contribution in [1.29, 1.82) is 0 Å². The summed E-state index contributed by atoms with van der Waals surface area (Å²) in [6.45, 7) is 1.79. The molecule has 0 aliphatic heterocycles. The van der Waals surface area contributed by atoms with Gasteiger partial charge in [-0.1, -0.05) is 24.2 Å². The fourth-order valence-corrected chi connectivity index (χ4v) is 1.13. The Labute approximate surface area is 86.7 Å². The van der Waals surface area contributed by atoms with Crippen molar-refractivity contribution < 1.29 is 4.79 Å². The average molecular weight is 205 g/mol. The number of carbonyl (C=O) groups is 1. The van der Waals surface area contributed by atoms with Crippen molar-refractivity contribution in [3.05, 3.63) is 40.3 Å². The molecule has 0 saturated carbocycles. The number of hydrogen-bond donors (Lipinski definition) is 2. The molecule has 0 heterocycles. The summed E-state index contributed by atoms with van der Waals surface area (Å²) >= 11 is 0. The highest BCUT2D eigenvalue weighted by molar-refractivity contribution is 5.87. The Kier molecular flexibility index (Phi) is 3.54. The summed E-state index contributed by atoms with van der Waals surface area (Å²) in [7, 11) is 0. The van der Waals surface area contributed by atoms with Gasteiger partial charge in [0.15, 0.2) is 0 Å². The van der Waals surface area contributed by atoms with E-state index in [2.05, 4.69) is 15.3 Å². The largest absolute Gasteiger partial charge is 0.351 e. The summed E-state index contributed by atoms with van der Waals surface area (Å²) in [5.74, 6) is 0. The van der Waals surface area contributed by atoms with Crippen molar-refractivity contribution in [3.63, 3.8) is 0 Å². The lowest BCUT2D eigenvalue weighted by molar-refractivity contribution is 0.259. The molecule has 0 spiro atoms. The van der Waals surface area contributed by atoms with Crippen LogP contribution in [0.3, 0.4) is 0 Å². The second-order valence-electron chi connectivity index (χ2n) is 2.99. The number of azide groups is 1. The molecule has 0 unspecified atom stereocenters. The van der Waals surface area contributed by atoms with Gasteiger partial charge in [0.05, 0.1) is 6.04 Å². The smallest absolute Gasteiger partial charge is 0.316 e. The first-order chi connectivity index (χ1) is 7.13. The lowest BCUT2D eigenvalue weighted by atomic mass is 10.1. The van der Waals surface area contributed by atoms with E-state index in [0.717, 1.165) is 5.56 Å². The fourth-order valence-electron chi connectivity index (χ4n) is 1.13. The van der Waals surface area contributed by atoms with Crippen LogP contribution in [-0.4, -0.2) is 6.03 Å². The van der Waals surface area contributed by atoms with Crippen molar-refractivity contribution in [2.24, 2.45) is 10.8 Å². The van der Waals surface area contributed by atoms with Gasteiger partial charge < -0.3 is 11.1 Å². The zero-order valence-corrected chi connectivity index (χ0v) is 8.21. The highest BCUT2D eigenvalue weighted by atomic mass is 16.2. The summed E-state index contributed by atoms with van der Waals surface area (Å²) in [6, 6.07) is 6.10. The van der Waals surface area contributed by atoms with Crippen molar-refractivity contribution in [3.8, 4) is 0 Å². The Morgan fingerprint density at radius 3 is 2.60 bits per heavy atom. The monoisotopic (exact) mass is 205 g/mol. The van der Waals surface area contributed by atoms with Crippen LogP contribution in [0.2, 0.25) is 0 Å². The van der Waals surface area contributed by atoms with Crippen LogP contribution < -0.4 is 11.1 Å². The van der Waals surface area contributed by atoms with Gasteiger partial charge in [0.25, 0.3) is 0 Å². The van der Waals surface area contributed by atoms with Crippen LogP contribution in [0.25, 0.3) is 10.4 Å². The number of benzene rings is 1. The van der Waals surface area contributed by atoms with E-state index in [9.17, 15) is 4.79 Å². The van der Waals surface area contributed by atoms with E-state index in [-0.39, 0.29) is 6.04 Å². The summed E-state index contributed by atoms with van der Waals surface area (Å²) in [5, 5.41) is 5.99. The van der Waals surface area contributed by atoms with Gasteiger partial charge in [0.1, 0.15) is 0 Å². The van der Waals surface area contributed by atoms with E-state index in [1.165, 1.54) is 0 Å². The average Bonchev–Trinajstić information content (AvgIpc) is 2.18. The quantitative estimate of drug-likeness (QED) is 0.441. The van der Waals surface area contributed by atoms with Gasteiger partial charge in [-0.3, -0.25) is 0 Å². The second kappa shape index (κ2) is 4.88. The summed E-state index contributed by atoms with van der Waals surface area (Å²) < 4.78 is 0. The number of primary amides is 1. The highest BCUT2D eigenvalue weighted by Crippen LogP contribution is 2.18. The number of urea groups is 1. The normalized spacial score (nSPS) is 11.3. The van der Waals surface area contributed by atoms with E-state index in [4.69, 9.17) is 11.3 Å². The number of nitrogens with zero attached hydrogens (tertiary/aromatic N) is 3. The van der Waals surface area contributed by atoms with Gasteiger partial charge in [-0.05, 0) is 23.2 Å². The molecule has 1 rings (SSSR count). The van der Waals surface area contributed by atoms with Gasteiger partial charge in [-0.15, -0.1) is 0 Å². The Hall–Kier alpha value is -2.20. The van der Waals surface area contributed by atoms with Crippen LogP contribution in [0, 0.1) is 0 Å². The third kappa shape index (κ3) is 3.21. The maximum absolute atomic E-state index is 10.5. The number of nitrogens with two attached hydrogens (primary N) is 1. The molecule has 1 aromatic carbocycles. The molecule has 1 atom stereocenters. The molecule has 6 nitrogen and oxygen atoms in total. The number of nitrogens with one attached hydrogen (secondary N) is 1. The Bertz CT molecular complexity index is 393. The van der Waals surface area contributed by atoms with Crippen molar-refractivity contribution >= 4 is 11.7 Å². The molecule has 78 valence electrons. The molecule has 2 amide bonds. The van der Waals surface area contributed by atoms with E-state index >= 15 is 0 Å². The van der Waals surface area contributed by atoms with Crippen LogP contribution in [-0.2, 0) is 0 Å². The lowest BCUT2D eigenvalue weighted by Crippen LogP contribution is -2.19. The molecule has 0 aliphatic rings. The number of amides is 2. The summed E-state index contributed by atoms with van der Waals surface area (Å²) in [6.07, 6.45) is 0. The zero-order chi connectivity index (χ0) is 11.3. The molecule has 15 heavy (non-hydrogen) atoms. The molecular formula is C9H11N5O. The third-order valence-electron chi connectivity index (χ3n) is 1.89. The number of hydrogen-bond acceptors (Lipinski definition) is 2. The molecular weight excluding hydrogens is 194 g/mol. The molecule has 0 aliphatic carbocycles. The standard InChI is InChI=1S/C9H11N5O/c1-6(13-14-11)7-2-4-8(5-3-7)12-9(10)15/h2-6H,1H3,(H3,10,12,15)/t6-/m1/s1. The highest BCUT2D eigenvalue weighted by Gasteiger charge is 2.02. The van der Waals surface area contributed by atoms with Gasteiger partial charge in [0.2, 0.25) is 0 Å². The van der Waals surface area contributed by atoms with Crippen LogP contribution in [0.4, 0.5) is 10.5 Å². The minimum Gasteiger partial charge on any atom is -0.351 e. The minimum absolute atomic E-state index is 0.224. The summed E-state index contributed by atoms with van der Waals surface area (Å²) in [4.78, 5) is 13.3. The molecule has 3 N–H and O–H groups in total. The lowest BCUT2D eigenvalue weighted by Gasteiger charge is -2.06. The van der Waals surface area contributed by atoms with Gasteiger partial charge >= 0.3 is 6.03 Å². The maximum atomic E-state index is 10.5. The number of rotatable bonds is 3. The van der Waals surface area contributed by atoms with Crippen LogP contribution in [0.15, 0.2) is 29.4 Å². The second-order valence-corrected chi connectivity index (χ2v) is 2.99. The van der Waals surface area contributed by atoms with Crippen LogP contribution >= 0.6 is 0 Å². The molecule has 0 fully saturated rings. The van der Waals surface area contributed by atoms with E-state index in [0.29, 0.717) is 5.69 Å². The van der Waals surface area contributed by atoms with Crippen molar-refractivity contribution in [2.75, 3.05) is 5.32 Å². The number of anilines is 1. The maximum Gasteiger partial charge on any atom is 0.316 e. The molecule has 0 aromatic heterocycles. The third-order valence-corrected chi connectivity index (χ3v) is 1.89.